The number of hydrogen-bond acceptors (Lipinski definition) is 4. The monoisotopic (exact) mass is 273 g/mol. The molecule has 1 amide bonds. The molecule has 0 fully saturated rings. The molecular weight excluding hydrogens is 258 g/mol. The Hall–Kier alpha value is -2.40. The standard InChI is InChI=1S/C15H15NO4/c1-9(17)12-8-13(15(19)20-10(12)2)16-14(18)11-6-4-3-5-7-11/h3-9,17H,1-2H3,(H,16,18)/t9-/m0/s1. The van der Waals surface area contributed by atoms with Crippen molar-refractivity contribution in [3.8, 4) is 0 Å². The Morgan fingerprint density at radius 3 is 2.55 bits per heavy atom. The molecule has 1 heterocycles. The summed E-state index contributed by atoms with van der Waals surface area (Å²) in [7, 11) is 0. The predicted molar refractivity (Wildman–Crippen MR) is 74.7 cm³/mol. The molecule has 2 N–H and O–H groups in total. The van der Waals surface area contributed by atoms with E-state index in [2.05, 4.69) is 5.32 Å². The van der Waals surface area contributed by atoms with E-state index >= 15 is 0 Å². The normalized spacial score (nSPS) is 11.9. The summed E-state index contributed by atoms with van der Waals surface area (Å²) in [5, 5.41) is 12.1. The fraction of sp³-hybridized carbons (Fsp3) is 0.200. The Labute approximate surface area is 115 Å². The van der Waals surface area contributed by atoms with Crippen LogP contribution in [0.25, 0.3) is 0 Å². The van der Waals surface area contributed by atoms with Crippen molar-refractivity contribution in [3.05, 3.63) is 63.7 Å². The lowest BCUT2D eigenvalue weighted by Crippen LogP contribution is -2.19. The fourth-order valence-electron chi connectivity index (χ4n) is 1.85. The summed E-state index contributed by atoms with van der Waals surface area (Å²) < 4.78 is 5.01. The van der Waals surface area contributed by atoms with Gasteiger partial charge in [-0.3, -0.25) is 4.79 Å². The third-order valence-corrected chi connectivity index (χ3v) is 2.91. The zero-order valence-electron chi connectivity index (χ0n) is 11.2. The van der Waals surface area contributed by atoms with Crippen molar-refractivity contribution in [2.75, 3.05) is 5.32 Å². The molecule has 0 saturated heterocycles. The highest BCUT2D eigenvalue weighted by Crippen LogP contribution is 2.19. The van der Waals surface area contributed by atoms with Gasteiger partial charge in [-0.25, -0.2) is 4.79 Å². The van der Waals surface area contributed by atoms with Crippen molar-refractivity contribution in [1.82, 2.24) is 0 Å². The Kier molecular flexibility index (Phi) is 4.00. The Morgan fingerprint density at radius 2 is 1.95 bits per heavy atom. The van der Waals surface area contributed by atoms with Crippen LogP contribution in [0.15, 0.2) is 45.6 Å². The lowest BCUT2D eigenvalue weighted by molar-refractivity contribution is 0.102. The summed E-state index contributed by atoms with van der Waals surface area (Å²) >= 11 is 0. The fourth-order valence-corrected chi connectivity index (χ4v) is 1.85. The van der Waals surface area contributed by atoms with Crippen molar-refractivity contribution in [1.29, 1.82) is 0 Å². The molecule has 0 aliphatic carbocycles. The van der Waals surface area contributed by atoms with Gasteiger partial charge in [0.2, 0.25) is 0 Å². The quantitative estimate of drug-likeness (QED) is 0.899. The van der Waals surface area contributed by atoms with Crippen LogP contribution in [0.2, 0.25) is 0 Å². The summed E-state index contributed by atoms with van der Waals surface area (Å²) in [6, 6.07) is 9.97. The van der Waals surface area contributed by atoms with E-state index in [0.29, 0.717) is 16.9 Å². The van der Waals surface area contributed by atoms with Gasteiger partial charge in [0.1, 0.15) is 11.4 Å². The molecule has 0 radical (unpaired) electrons. The van der Waals surface area contributed by atoms with Gasteiger partial charge in [-0.05, 0) is 32.0 Å². The molecule has 0 aliphatic heterocycles. The van der Waals surface area contributed by atoms with Gasteiger partial charge in [-0.2, -0.15) is 0 Å². The van der Waals surface area contributed by atoms with Gasteiger partial charge in [-0.15, -0.1) is 0 Å². The Bertz CT molecular complexity index is 674. The van der Waals surface area contributed by atoms with Crippen molar-refractivity contribution in [2.24, 2.45) is 0 Å². The van der Waals surface area contributed by atoms with Crippen LogP contribution in [0, 0.1) is 6.92 Å². The van der Waals surface area contributed by atoms with Gasteiger partial charge in [0.05, 0.1) is 6.10 Å². The zero-order valence-corrected chi connectivity index (χ0v) is 11.2. The summed E-state index contributed by atoms with van der Waals surface area (Å²) in [5.74, 6) is -0.0685. The van der Waals surface area contributed by atoms with Crippen LogP contribution in [0.3, 0.4) is 0 Å². The SMILES string of the molecule is Cc1oc(=O)c(NC(=O)c2ccccc2)cc1[C@H](C)O. The number of carbonyl (C=O) groups is 1. The lowest BCUT2D eigenvalue weighted by atomic mass is 10.1. The first-order valence-corrected chi connectivity index (χ1v) is 6.18. The Balaban J connectivity index is 2.32. The van der Waals surface area contributed by atoms with E-state index in [0.717, 1.165) is 0 Å². The minimum atomic E-state index is -0.785. The summed E-state index contributed by atoms with van der Waals surface area (Å²) in [6.45, 7) is 3.15. The smallest absolute Gasteiger partial charge is 0.359 e. The maximum Gasteiger partial charge on any atom is 0.359 e. The van der Waals surface area contributed by atoms with Crippen molar-refractivity contribution < 1.29 is 14.3 Å². The molecular formula is C15H15NO4. The number of rotatable bonds is 3. The first-order chi connectivity index (χ1) is 9.49. The van der Waals surface area contributed by atoms with Crippen LogP contribution in [0.1, 0.15) is 34.7 Å². The van der Waals surface area contributed by atoms with Gasteiger partial charge >= 0.3 is 5.63 Å². The molecule has 0 unspecified atom stereocenters. The molecule has 2 rings (SSSR count). The number of anilines is 1. The van der Waals surface area contributed by atoms with Crippen LogP contribution in [-0.4, -0.2) is 11.0 Å². The van der Waals surface area contributed by atoms with Gasteiger partial charge < -0.3 is 14.8 Å². The number of aliphatic hydroxyl groups is 1. The number of benzene rings is 1. The number of hydrogen-bond donors (Lipinski definition) is 2. The number of amides is 1. The molecule has 20 heavy (non-hydrogen) atoms. The van der Waals surface area contributed by atoms with E-state index in [9.17, 15) is 14.7 Å². The highest BCUT2D eigenvalue weighted by molar-refractivity contribution is 6.04. The second kappa shape index (κ2) is 5.71. The largest absolute Gasteiger partial charge is 0.426 e. The average molecular weight is 273 g/mol. The van der Waals surface area contributed by atoms with E-state index in [1.54, 1.807) is 44.2 Å². The minimum absolute atomic E-state index is 0.0142. The maximum absolute atomic E-state index is 12.0. The van der Waals surface area contributed by atoms with Crippen molar-refractivity contribution in [3.63, 3.8) is 0 Å². The third-order valence-electron chi connectivity index (χ3n) is 2.91. The number of carbonyl (C=O) groups excluding carboxylic acids is 1. The van der Waals surface area contributed by atoms with Crippen molar-refractivity contribution >= 4 is 11.6 Å². The molecule has 0 saturated carbocycles. The molecule has 0 spiro atoms. The van der Waals surface area contributed by atoms with Crippen LogP contribution < -0.4 is 10.9 Å². The van der Waals surface area contributed by atoms with Gasteiger partial charge in [-0.1, -0.05) is 18.2 Å². The van der Waals surface area contributed by atoms with Gasteiger partial charge in [0.25, 0.3) is 5.91 Å². The topological polar surface area (TPSA) is 79.5 Å². The molecule has 1 aromatic carbocycles. The molecule has 5 heteroatoms. The van der Waals surface area contributed by atoms with Gasteiger partial charge in [0.15, 0.2) is 0 Å². The lowest BCUT2D eigenvalue weighted by Gasteiger charge is -2.10. The molecule has 5 nitrogen and oxygen atoms in total. The second-order valence-electron chi connectivity index (χ2n) is 4.46. The van der Waals surface area contributed by atoms with Gasteiger partial charge in [0, 0.05) is 11.1 Å². The van der Waals surface area contributed by atoms with Crippen LogP contribution >= 0.6 is 0 Å². The maximum atomic E-state index is 12.0. The second-order valence-corrected chi connectivity index (χ2v) is 4.46. The molecule has 104 valence electrons. The average Bonchev–Trinajstić information content (AvgIpc) is 2.42. The van der Waals surface area contributed by atoms with E-state index in [1.807, 2.05) is 0 Å². The third kappa shape index (κ3) is 2.95. The van der Waals surface area contributed by atoms with E-state index in [1.165, 1.54) is 6.07 Å². The molecule has 0 bridgehead atoms. The zero-order chi connectivity index (χ0) is 14.7. The molecule has 1 aromatic heterocycles. The summed E-state index contributed by atoms with van der Waals surface area (Å²) in [4.78, 5) is 23.7. The van der Waals surface area contributed by atoms with E-state index < -0.39 is 17.6 Å². The minimum Gasteiger partial charge on any atom is -0.426 e. The van der Waals surface area contributed by atoms with Crippen LogP contribution in [0.4, 0.5) is 5.69 Å². The van der Waals surface area contributed by atoms with Crippen molar-refractivity contribution in [2.45, 2.75) is 20.0 Å². The highest BCUT2D eigenvalue weighted by atomic mass is 16.4. The molecule has 0 aliphatic rings. The van der Waals surface area contributed by atoms with Crippen LogP contribution in [0.5, 0.6) is 0 Å². The predicted octanol–water partition coefficient (Wildman–Crippen LogP) is 2.25. The first-order valence-electron chi connectivity index (χ1n) is 6.18. The molecule has 2 aromatic rings. The number of aryl methyl sites for hydroxylation is 1. The number of nitrogens with one attached hydrogen (secondary N) is 1. The van der Waals surface area contributed by atoms with E-state index in [4.69, 9.17) is 4.42 Å². The first kappa shape index (κ1) is 14.0. The molecule has 1 atom stereocenters. The number of aliphatic hydroxyl groups excluding tert-OH is 1. The summed E-state index contributed by atoms with van der Waals surface area (Å²) in [6.07, 6.45) is -0.785. The van der Waals surface area contributed by atoms with Crippen LogP contribution in [-0.2, 0) is 0 Å². The van der Waals surface area contributed by atoms with E-state index in [-0.39, 0.29) is 5.69 Å². The Morgan fingerprint density at radius 1 is 1.30 bits per heavy atom. The summed E-state index contributed by atoms with van der Waals surface area (Å²) in [5.41, 5.74) is 0.274. The highest BCUT2D eigenvalue weighted by Gasteiger charge is 2.14.